The van der Waals surface area contributed by atoms with Gasteiger partial charge in [-0.1, -0.05) is 0 Å². The average molecular weight is 736 g/mol. The summed E-state index contributed by atoms with van der Waals surface area (Å²) in [5, 5.41) is 58.2. The molecule has 202 valence electrons. The van der Waals surface area contributed by atoms with Crippen LogP contribution in [0.25, 0.3) is 0 Å². The Morgan fingerprint density at radius 2 is 0.703 bits per heavy atom. The predicted octanol–water partition coefficient (Wildman–Crippen LogP) is -4.96. The molecule has 0 spiro atoms. The molecule has 0 radical (unpaired) electrons. The molecule has 0 bridgehead atoms. The van der Waals surface area contributed by atoms with Gasteiger partial charge in [-0.3, -0.25) is 0 Å². The number of hydrogen-bond acceptors (Lipinski definition) is 12. The predicted molar refractivity (Wildman–Crippen MR) is 122 cm³/mol. The van der Waals surface area contributed by atoms with E-state index in [-0.39, 0.29) is 16.7 Å². The van der Waals surface area contributed by atoms with Crippen LogP contribution in [0.5, 0.6) is 0 Å². The van der Waals surface area contributed by atoms with Gasteiger partial charge < -0.3 is 59.4 Å². The standard InChI is InChI=1S/3C5H6O4.2C4H9.2Sn/c3*1-3(5(8)9)2-4(6)7;2*1-3-4-2;;/h3*2H,1H3,(H,6,7)(H,8,9);2*1,3-4H2,2H3;;/q;;;;;2*+3/p-6/b3*3-2-;;;;. The summed E-state index contributed by atoms with van der Waals surface area (Å²) < 4.78 is 2.87. The molecule has 0 N–H and O–H groups in total. The fourth-order valence-corrected chi connectivity index (χ4v) is 3.08. The van der Waals surface area contributed by atoms with Crippen molar-refractivity contribution in [3.8, 4) is 0 Å². The van der Waals surface area contributed by atoms with Gasteiger partial charge in [0.05, 0.1) is 35.8 Å². The molecule has 37 heavy (non-hydrogen) atoms. The number of rotatable bonds is 10. The van der Waals surface area contributed by atoms with Gasteiger partial charge in [0.25, 0.3) is 0 Å². The van der Waals surface area contributed by atoms with Crippen molar-refractivity contribution in [2.75, 3.05) is 0 Å². The minimum absolute atomic E-state index is 0.352. The number of carbonyl (C=O) groups is 6. The third-order valence-corrected chi connectivity index (χ3v) is 5.05. The zero-order valence-electron chi connectivity index (χ0n) is 21.4. The van der Waals surface area contributed by atoms with Crippen LogP contribution >= 0.6 is 0 Å². The fraction of sp³-hybridized carbons (Fsp3) is 0.478. The molecule has 0 saturated carbocycles. The number of hydrogen-bond donors (Lipinski definition) is 0. The van der Waals surface area contributed by atoms with Gasteiger partial charge in [0.15, 0.2) is 0 Å². The molecule has 0 fully saturated rings. The van der Waals surface area contributed by atoms with Crippen molar-refractivity contribution in [3.63, 3.8) is 0 Å². The van der Waals surface area contributed by atoms with E-state index in [2.05, 4.69) is 13.8 Å². The molecule has 0 aromatic rings. The Kier molecular flexibility index (Phi) is 38.2. The molecule has 0 atom stereocenters. The van der Waals surface area contributed by atoms with Crippen molar-refractivity contribution in [2.45, 2.75) is 69.2 Å². The number of unbranched alkanes of at least 4 members (excludes halogenated alkanes) is 2. The summed E-state index contributed by atoms with van der Waals surface area (Å²) in [4.78, 5) is 58.2. The molecular weight excluding hydrogens is 706 g/mol. The number of carboxylic acid groups (broad SMARTS) is 6. The van der Waals surface area contributed by atoms with Crippen molar-refractivity contribution >= 4 is 80.9 Å². The normalized spacial score (nSPS) is 10.4. The first kappa shape index (κ1) is 44.6. The van der Waals surface area contributed by atoms with E-state index in [0.29, 0.717) is 18.2 Å². The Hall–Kier alpha value is -2.36. The van der Waals surface area contributed by atoms with Crippen LogP contribution in [0.3, 0.4) is 0 Å². The maximum absolute atomic E-state index is 9.76. The van der Waals surface area contributed by atoms with Crippen molar-refractivity contribution in [3.05, 3.63) is 34.9 Å². The Balaban J connectivity index is -0.000000118. The van der Waals surface area contributed by atoms with E-state index in [4.69, 9.17) is 0 Å². The van der Waals surface area contributed by atoms with Crippen molar-refractivity contribution in [2.24, 2.45) is 0 Å². The summed E-state index contributed by atoms with van der Waals surface area (Å²) in [6.07, 6.45) is 6.99. The summed E-state index contributed by atoms with van der Waals surface area (Å²) in [5.41, 5.74) is -1.06. The Morgan fingerprint density at radius 3 is 0.730 bits per heavy atom. The van der Waals surface area contributed by atoms with Gasteiger partial charge in [-0.25, -0.2) is 0 Å². The van der Waals surface area contributed by atoms with E-state index < -0.39 is 35.8 Å². The van der Waals surface area contributed by atoms with Crippen LogP contribution in [0.4, 0.5) is 0 Å². The first-order valence-corrected chi connectivity index (χ1v) is 14.6. The third kappa shape index (κ3) is 51.2. The molecule has 0 rings (SSSR count). The number of carboxylic acids is 6. The van der Waals surface area contributed by atoms with Crippen LogP contribution in [0, 0.1) is 0 Å². The second-order valence-electron chi connectivity index (χ2n) is 6.51. The first-order chi connectivity index (χ1) is 16.9. The van der Waals surface area contributed by atoms with Gasteiger partial charge in [0.1, 0.15) is 0 Å². The molecular formula is C23H30O12Sn2. The van der Waals surface area contributed by atoms with Crippen LogP contribution < -0.4 is 30.6 Å². The zero-order valence-corrected chi connectivity index (χ0v) is 27.1. The summed E-state index contributed by atoms with van der Waals surface area (Å²) in [6.45, 7) is 7.80. The molecule has 0 amide bonds. The van der Waals surface area contributed by atoms with E-state index in [1.165, 1.54) is 34.6 Å². The molecule has 0 aromatic carbocycles. The van der Waals surface area contributed by atoms with Crippen LogP contribution in [-0.2, 0) is 28.8 Å². The molecule has 0 saturated heterocycles. The molecule has 0 aromatic heterocycles. The van der Waals surface area contributed by atoms with Crippen molar-refractivity contribution < 1.29 is 59.4 Å². The van der Waals surface area contributed by atoms with Crippen molar-refractivity contribution in [1.29, 1.82) is 0 Å². The number of carbonyl (C=O) groups excluding carboxylic acids is 6. The van der Waals surface area contributed by atoms with E-state index in [1.807, 2.05) is 0 Å². The molecule has 12 nitrogen and oxygen atoms in total. The number of aliphatic carboxylic acids is 6. The SMILES string of the molecule is C/C(=C/C(=O)[O-])C(=O)[O-].C/C(=C/C(=O)[O-])C(=O)[O-].C/C(=C/C(=O)[O-])C(=O)[O-].CCC[CH2][Sn+3].CCC[CH2][Sn+3]. The quantitative estimate of drug-likeness (QED) is 0.151. The van der Waals surface area contributed by atoms with Gasteiger partial charge in [0.2, 0.25) is 0 Å². The molecule has 0 aliphatic rings. The van der Waals surface area contributed by atoms with Gasteiger partial charge in [-0.05, 0) is 55.7 Å². The molecule has 14 heteroatoms. The van der Waals surface area contributed by atoms with Gasteiger partial charge >= 0.3 is 93.5 Å². The van der Waals surface area contributed by atoms with E-state index in [1.54, 1.807) is 45.0 Å². The minimum atomic E-state index is -1.53. The fourth-order valence-electron chi connectivity index (χ4n) is 1.06. The molecule has 0 unspecified atom stereocenters. The second-order valence-corrected chi connectivity index (χ2v) is 9.36. The molecule has 0 heterocycles. The first-order valence-electron chi connectivity index (χ1n) is 10.6. The van der Waals surface area contributed by atoms with Gasteiger partial charge in [-0.15, -0.1) is 0 Å². The second kappa shape index (κ2) is 31.7. The van der Waals surface area contributed by atoms with E-state index in [0.717, 1.165) is 20.8 Å². The van der Waals surface area contributed by atoms with Crippen LogP contribution in [-0.4, -0.2) is 80.9 Å². The van der Waals surface area contributed by atoms with E-state index >= 15 is 0 Å². The maximum atomic E-state index is 9.76. The van der Waals surface area contributed by atoms with Crippen molar-refractivity contribution in [1.82, 2.24) is 0 Å². The third-order valence-electron chi connectivity index (χ3n) is 3.03. The Morgan fingerprint density at radius 1 is 0.514 bits per heavy atom. The Labute approximate surface area is 243 Å². The van der Waals surface area contributed by atoms with Crippen LogP contribution in [0.15, 0.2) is 34.9 Å². The van der Waals surface area contributed by atoms with E-state index in [9.17, 15) is 59.4 Å². The zero-order chi connectivity index (χ0) is 30.6. The van der Waals surface area contributed by atoms with Gasteiger partial charge in [0, 0.05) is 0 Å². The molecule has 0 aliphatic heterocycles. The molecule has 0 aliphatic carbocycles. The van der Waals surface area contributed by atoms with Gasteiger partial charge in [-0.2, -0.15) is 0 Å². The monoisotopic (exact) mass is 738 g/mol. The summed E-state index contributed by atoms with van der Waals surface area (Å²) in [7, 11) is 0. The van der Waals surface area contributed by atoms with Crippen LogP contribution in [0.2, 0.25) is 8.87 Å². The summed E-state index contributed by atoms with van der Waals surface area (Å²) in [5.74, 6) is -9.09. The average Bonchev–Trinajstić information content (AvgIpc) is 2.75. The van der Waals surface area contributed by atoms with Crippen LogP contribution in [0.1, 0.15) is 60.3 Å². The topological polar surface area (TPSA) is 241 Å². The Bertz CT molecular complexity index is 694. The summed E-state index contributed by atoms with van der Waals surface area (Å²) in [6, 6.07) is 0. The summed E-state index contributed by atoms with van der Waals surface area (Å²) >= 11 is 3.37.